The fraction of sp³-hybridized carbons (Fsp3) is 0.278. The number of amides is 1. The van der Waals surface area contributed by atoms with Gasteiger partial charge in [-0.3, -0.25) is 4.79 Å². The Morgan fingerprint density at radius 3 is 2.71 bits per heavy atom. The van der Waals surface area contributed by atoms with Crippen molar-refractivity contribution >= 4 is 27.8 Å². The zero-order valence-corrected chi connectivity index (χ0v) is 12.3. The van der Waals surface area contributed by atoms with Crippen LogP contribution in [0.2, 0.25) is 0 Å². The highest BCUT2D eigenvalue weighted by molar-refractivity contribution is 6.08. The van der Waals surface area contributed by atoms with Crippen LogP contribution >= 0.6 is 0 Å². The van der Waals surface area contributed by atoms with Crippen molar-refractivity contribution < 1.29 is 9.21 Å². The van der Waals surface area contributed by atoms with Gasteiger partial charge >= 0.3 is 0 Å². The minimum atomic E-state index is -0.0255. The van der Waals surface area contributed by atoms with Crippen molar-refractivity contribution in [2.75, 3.05) is 6.54 Å². The van der Waals surface area contributed by atoms with Crippen molar-refractivity contribution in [2.45, 2.75) is 20.3 Å². The van der Waals surface area contributed by atoms with E-state index in [1.165, 1.54) is 0 Å². The molecule has 0 spiro atoms. The molecule has 0 aliphatic carbocycles. The Balaban J connectivity index is 1.93. The van der Waals surface area contributed by atoms with Crippen molar-refractivity contribution in [3.8, 4) is 0 Å². The molecule has 0 aliphatic rings. The van der Waals surface area contributed by atoms with Gasteiger partial charge in [0.15, 0.2) is 0 Å². The normalized spacial score (nSPS) is 12.7. The van der Waals surface area contributed by atoms with E-state index < -0.39 is 0 Å². The van der Waals surface area contributed by atoms with E-state index in [-0.39, 0.29) is 5.91 Å². The minimum absolute atomic E-state index is 0.0255. The lowest BCUT2D eigenvalue weighted by Crippen LogP contribution is -2.27. The highest BCUT2D eigenvalue weighted by atomic mass is 16.3. The Bertz CT molecular complexity index is 788. The van der Waals surface area contributed by atoms with E-state index in [9.17, 15) is 4.79 Å². The van der Waals surface area contributed by atoms with Gasteiger partial charge in [-0.2, -0.15) is 0 Å². The maximum absolute atomic E-state index is 12.2. The number of rotatable bonds is 4. The number of hydrogen-bond donors (Lipinski definition) is 1. The summed E-state index contributed by atoms with van der Waals surface area (Å²) in [5.41, 5.74) is 2.34. The lowest BCUT2D eigenvalue weighted by Gasteiger charge is -2.10. The van der Waals surface area contributed by atoms with E-state index in [0.717, 1.165) is 28.4 Å². The second-order valence-corrected chi connectivity index (χ2v) is 5.53. The molecule has 0 radical (unpaired) electrons. The largest absolute Gasteiger partial charge is 0.456 e. The molecule has 0 bridgehead atoms. The lowest BCUT2D eigenvalue weighted by molar-refractivity contribution is 0.0948. The van der Waals surface area contributed by atoms with Gasteiger partial charge in [-0.05, 0) is 30.2 Å². The van der Waals surface area contributed by atoms with E-state index in [1.807, 2.05) is 42.5 Å². The standard InChI is InChI=1S/C18H19NO2/c1-3-12(2)11-19-18(20)13-8-9-17-15(10-13)14-6-4-5-7-16(14)21-17/h4-10,12H,3,11H2,1-2H3,(H,19,20). The molecule has 0 aliphatic heterocycles. The van der Waals surface area contributed by atoms with E-state index in [0.29, 0.717) is 18.0 Å². The SMILES string of the molecule is CCC(C)CNC(=O)c1ccc2oc3ccccc3c2c1. The molecule has 0 saturated heterocycles. The summed E-state index contributed by atoms with van der Waals surface area (Å²) in [5, 5.41) is 5.02. The molecule has 1 amide bonds. The minimum Gasteiger partial charge on any atom is -0.456 e. The number of benzene rings is 2. The summed E-state index contributed by atoms with van der Waals surface area (Å²) >= 11 is 0. The third kappa shape index (κ3) is 2.64. The summed E-state index contributed by atoms with van der Waals surface area (Å²) in [6, 6.07) is 13.5. The summed E-state index contributed by atoms with van der Waals surface area (Å²) in [4.78, 5) is 12.2. The molecule has 1 aromatic heterocycles. The molecule has 0 saturated carbocycles. The first-order valence-corrected chi connectivity index (χ1v) is 7.38. The van der Waals surface area contributed by atoms with Crippen LogP contribution < -0.4 is 5.32 Å². The van der Waals surface area contributed by atoms with Gasteiger partial charge in [-0.1, -0.05) is 38.5 Å². The highest BCUT2D eigenvalue weighted by Gasteiger charge is 2.11. The first kappa shape index (κ1) is 13.7. The van der Waals surface area contributed by atoms with Gasteiger partial charge in [0, 0.05) is 22.9 Å². The Labute approximate surface area is 123 Å². The molecule has 1 atom stereocenters. The maximum atomic E-state index is 12.2. The van der Waals surface area contributed by atoms with Gasteiger partial charge in [0.05, 0.1) is 0 Å². The quantitative estimate of drug-likeness (QED) is 0.772. The molecule has 3 heteroatoms. The van der Waals surface area contributed by atoms with Crippen LogP contribution in [0.25, 0.3) is 21.9 Å². The van der Waals surface area contributed by atoms with Crippen LogP contribution in [-0.4, -0.2) is 12.5 Å². The molecule has 21 heavy (non-hydrogen) atoms. The molecule has 3 aromatic rings. The third-order valence-electron chi connectivity index (χ3n) is 3.95. The summed E-state index contributed by atoms with van der Waals surface area (Å²) in [5.74, 6) is 0.468. The fourth-order valence-electron chi connectivity index (χ4n) is 2.38. The zero-order valence-electron chi connectivity index (χ0n) is 12.3. The van der Waals surface area contributed by atoms with Crippen LogP contribution in [0.3, 0.4) is 0 Å². The molecule has 2 aromatic carbocycles. The van der Waals surface area contributed by atoms with Crippen molar-refractivity contribution in [1.82, 2.24) is 5.32 Å². The molecule has 0 fully saturated rings. The monoisotopic (exact) mass is 281 g/mol. The topological polar surface area (TPSA) is 42.2 Å². The predicted octanol–water partition coefficient (Wildman–Crippen LogP) is 4.36. The second kappa shape index (κ2) is 5.60. The van der Waals surface area contributed by atoms with E-state index in [1.54, 1.807) is 0 Å². The van der Waals surface area contributed by atoms with E-state index in [4.69, 9.17) is 4.42 Å². The number of para-hydroxylation sites is 1. The van der Waals surface area contributed by atoms with Gasteiger partial charge in [0.25, 0.3) is 5.91 Å². The average Bonchev–Trinajstić information content (AvgIpc) is 2.90. The summed E-state index contributed by atoms with van der Waals surface area (Å²) < 4.78 is 5.77. The molecule has 1 N–H and O–H groups in total. The molecular formula is C18H19NO2. The van der Waals surface area contributed by atoms with Crippen LogP contribution in [-0.2, 0) is 0 Å². The lowest BCUT2D eigenvalue weighted by atomic mass is 10.1. The van der Waals surface area contributed by atoms with Crippen LogP contribution in [0.15, 0.2) is 46.9 Å². The number of carbonyl (C=O) groups excluding carboxylic acids is 1. The van der Waals surface area contributed by atoms with E-state index in [2.05, 4.69) is 19.2 Å². The summed E-state index contributed by atoms with van der Waals surface area (Å²) in [6.45, 7) is 4.97. The Hall–Kier alpha value is -2.29. The predicted molar refractivity (Wildman–Crippen MR) is 85.5 cm³/mol. The Morgan fingerprint density at radius 2 is 1.90 bits per heavy atom. The fourth-order valence-corrected chi connectivity index (χ4v) is 2.38. The summed E-state index contributed by atoms with van der Waals surface area (Å²) in [6.07, 6.45) is 1.06. The van der Waals surface area contributed by atoms with Gasteiger partial charge in [0.2, 0.25) is 0 Å². The molecule has 3 nitrogen and oxygen atoms in total. The number of furan rings is 1. The van der Waals surface area contributed by atoms with E-state index >= 15 is 0 Å². The van der Waals surface area contributed by atoms with Crippen LogP contribution in [0.1, 0.15) is 30.6 Å². The van der Waals surface area contributed by atoms with Crippen LogP contribution in [0, 0.1) is 5.92 Å². The number of nitrogens with one attached hydrogen (secondary N) is 1. The molecular weight excluding hydrogens is 262 g/mol. The van der Waals surface area contributed by atoms with Crippen LogP contribution in [0.4, 0.5) is 0 Å². The number of fused-ring (bicyclic) bond motifs is 3. The Kier molecular flexibility index (Phi) is 3.65. The van der Waals surface area contributed by atoms with Gasteiger partial charge < -0.3 is 9.73 Å². The average molecular weight is 281 g/mol. The van der Waals surface area contributed by atoms with Gasteiger partial charge in [-0.15, -0.1) is 0 Å². The molecule has 1 heterocycles. The van der Waals surface area contributed by atoms with Crippen molar-refractivity contribution in [3.05, 3.63) is 48.0 Å². The van der Waals surface area contributed by atoms with Crippen molar-refractivity contribution in [3.63, 3.8) is 0 Å². The smallest absolute Gasteiger partial charge is 0.251 e. The molecule has 1 unspecified atom stereocenters. The van der Waals surface area contributed by atoms with Crippen LogP contribution in [0.5, 0.6) is 0 Å². The first-order valence-electron chi connectivity index (χ1n) is 7.38. The highest BCUT2D eigenvalue weighted by Crippen LogP contribution is 2.29. The van der Waals surface area contributed by atoms with Crippen molar-refractivity contribution in [1.29, 1.82) is 0 Å². The zero-order chi connectivity index (χ0) is 14.8. The van der Waals surface area contributed by atoms with Gasteiger partial charge in [0.1, 0.15) is 11.2 Å². The maximum Gasteiger partial charge on any atom is 0.251 e. The first-order chi connectivity index (χ1) is 10.2. The molecule has 108 valence electrons. The number of hydrogen-bond acceptors (Lipinski definition) is 2. The summed E-state index contributed by atoms with van der Waals surface area (Å²) in [7, 11) is 0. The second-order valence-electron chi connectivity index (χ2n) is 5.53. The Morgan fingerprint density at radius 1 is 1.14 bits per heavy atom. The molecule has 3 rings (SSSR count). The van der Waals surface area contributed by atoms with Gasteiger partial charge in [-0.25, -0.2) is 0 Å². The third-order valence-corrected chi connectivity index (χ3v) is 3.95. The number of carbonyl (C=O) groups is 1. The van der Waals surface area contributed by atoms with Crippen molar-refractivity contribution in [2.24, 2.45) is 5.92 Å².